The van der Waals surface area contributed by atoms with Gasteiger partial charge in [0.2, 0.25) is 0 Å². The van der Waals surface area contributed by atoms with Crippen molar-refractivity contribution in [2.45, 2.75) is 6.54 Å². The van der Waals surface area contributed by atoms with Gasteiger partial charge < -0.3 is 10.6 Å². The molecule has 0 bridgehead atoms. The molecule has 0 saturated carbocycles. The van der Waals surface area contributed by atoms with Gasteiger partial charge in [-0.3, -0.25) is 9.89 Å². The predicted octanol–water partition coefficient (Wildman–Crippen LogP) is 2.72. The Bertz CT molecular complexity index is 704. The van der Waals surface area contributed by atoms with Gasteiger partial charge in [-0.15, -0.1) is 22.7 Å². The van der Waals surface area contributed by atoms with Crippen molar-refractivity contribution in [3.05, 3.63) is 51.7 Å². The number of amides is 1. The second kappa shape index (κ2) is 7.35. The van der Waals surface area contributed by atoms with Crippen LogP contribution in [-0.4, -0.2) is 29.2 Å². The maximum Gasteiger partial charge on any atom is 0.261 e. The Balaban J connectivity index is 1.43. The maximum atomic E-state index is 11.8. The minimum atomic E-state index is -0.0145. The van der Waals surface area contributed by atoms with Crippen LogP contribution in [0.15, 0.2) is 41.2 Å². The number of aromatic amines is 1. The topological polar surface area (TPSA) is 69.8 Å². The van der Waals surface area contributed by atoms with Gasteiger partial charge in [-0.1, -0.05) is 12.1 Å². The molecule has 3 rings (SSSR count). The summed E-state index contributed by atoms with van der Waals surface area (Å²) >= 11 is 3.14. The third kappa shape index (κ3) is 3.62. The minimum absolute atomic E-state index is 0.0145. The van der Waals surface area contributed by atoms with Crippen molar-refractivity contribution in [2.75, 3.05) is 13.1 Å². The summed E-state index contributed by atoms with van der Waals surface area (Å²) in [5.41, 5.74) is 2.19. The highest BCUT2D eigenvalue weighted by Gasteiger charge is 2.08. The lowest BCUT2D eigenvalue weighted by molar-refractivity contribution is 0.0958. The molecule has 0 aliphatic carbocycles. The van der Waals surface area contributed by atoms with Crippen molar-refractivity contribution in [2.24, 2.45) is 0 Å². The summed E-state index contributed by atoms with van der Waals surface area (Å²) in [5.74, 6) is -0.0145. The normalized spacial score (nSPS) is 10.7. The van der Waals surface area contributed by atoms with Crippen molar-refractivity contribution < 1.29 is 4.79 Å². The fourth-order valence-electron chi connectivity index (χ4n) is 2.06. The number of H-pyrrole nitrogens is 1. The number of hydrogen-bond acceptors (Lipinski definition) is 5. The Hall–Kier alpha value is -1.96. The van der Waals surface area contributed by atoms with Crippen LogP contribution in [0.4, 0.5) is 0 Å². The molecule has 3 aromatic rings. The molecule has 0 fully saturated rings. The molecule has 22 heavy (non-hydrogen) atoms. The molecule has 5 nitrogen and oxygen atoms in total. The maximum absolute atomic E-state index is 11.8. The molecule has 3 N–H and O–H groups in total. The zero-order valence-electron chi connectivity index (χ0n) is 11.8. The van der Waals surface area contributed by atoms with Crippen LogP contribution in [0.25, 0.3) is 10.6 Å². The van der Waals surface area contributed by atoms with E-state index >= 15 is 0 Å². The Morgan fingerprint density at radius 1 is 1.18 bits per heavy atom. The summed E-state index contributed by atoms with van der Waals surface area (Å²) < 4.78 is 0. The van der Waals surface area contributed by atoms with Gasteiger partial charge in [-0.2, -0.15) is 5.10 Å². The average Bonchev–Trinajstić information content (AvgIpc) is 3.27. The van der Waals surface area contributed by atoms with E-state index in [9.17, 15) is 4.79 Å². The van der Waals surface area contributed by atoms with Crippen LogP contribution < -0.4 is 10.6 Å². The number of carbonyl (C=O) groups is 1. The SMILES string of the molecule is O=C(NCCNCc1cn[nH]c1-c1cccs1)c1cccs1. The van der Waals surface area contributed by atoms with E-state index in [1.807, 2.05) is 35.2 Å². The fourth-order valence-corrected chi connectivity index (χ4v) is 3.46. The Morgan fingerprint density at radius 2 is 2.05 bits per heavy atom. The van der Waals surface area contributed by atoms with Crippen LogP contribution in [0.1, 0.15) is 15.2 Å². The van der Waals surface area contributed by atoms with Gasteiger partial charge in [0.05, 0.1) is 21.6 Å². The van der Waals surface area contributed by atoms with Crippen LogP contribution in [-0.2, 0) is 6.54 Å². The second-order valence-corrected chi connectivity index (χ2v) is 6.55. The third-order valence-electron chi connectivity index (χ3n) is 3.13. The molecular formula is C15H16N4OS2. The van der Waals surface area contributed by atoms with E-state index < -0.39 is 0 Å². The molecular weight excluding hydrogens is 316 g/mol. The zero-order valence-corrected chi connectivity index (χ0v) is 13.5. The van der Waals surface area contributed by atoms with E-state index in [1.54, 1.807) is 11.3 Å². The molecule has 7 heteroatoms. The van der Waals surface area contributed by atoms with Gasteiger partial charge in [0, 0.05) is 25.2 Å². The standard InChI is InChI=1S/C15H16N4OS2/c20-15(13-4-2-8-22-13)17-6-5-16-9-11-10-18-19-14(11)12-3-1-7-21-12/h1-4,7-8,10,16H,5-6,9H2,(H,17,20)(H,18,19). The Morgan fingerprint density at radius 3 is 2.82 bits per heavy atom. The lowest BCUT2D eigenvalue weighted by atomic mass is 10.2. The number of nitrogens with zero attached hydrogens (tertiary/aromatic N) is 1. The van der Waals surface area contributed by atoms with E-state index in [4.69, 9.17) is 0 Å². The molecule has 3 aromatic heterocycles. The second-order valence-electron chi connectivity index (χ2n) is 4.66. The molecule has 0 atom stereocenters. The predicted molar refractivity (Wildman–Crippen MR) is 90.3 cm³/mol. The minimum Gasteiger partial charge on any atom is -0.350 e. The summed E-state index contributed by atoms with van der Waals surface area (Å²) in [7, 11) is 0. The molecule has 0 aliphatic rings. The smallest absolute Gasteiger partial charge is 0.261 e. The summed E-state index contributed by atoms with van der Waals surface area (Å²) in [6.45, 7) is 2.04. The van der Waals surface area contributed by atoms with Gasteiger partial charge >= 0.3 is 0 Å². The third-order valence-corrected chi connectivity index (χ3v) is 4.89. The quantitative estimate of drug-likeness (QED) is 0.583. The Kier molecular flexibility index (Phi) is 4.99. The molecule has 0 unspecified atom stereocenters. The van der Waals surface area contributed by atoms with Gasteiger partial charge in [0.15, 0.2) is 0 Å². The van der Waals surface area contributed by atoms with E-state index in [0.29, 0.717) is 13.1 Å². The fraction of sp³-hybridized carbons (Fsp3) is 0.200. The van der Waals surface area contributed by atoms with Gasteiger partial charge in [-0.05, 0) is 22.9 Å². The van der Waals surface area contributed by atoms with Gasteiger partial charge in [0.25, 0.3) is 5.91 Å². The summed E-state index contributed by atoms with van der Waals surface area (Å²) in [4.78, 5) is 13.7. The molecule has 0 aromatic carbocycles. The number of nitrogens with one attached hydrogen (secondary N) is 3. The van der Waals surface area contributed by atoms with E-state index in [0.717, 1.165) is 22.7 Å². The monoisotopic (exact) mass is 332 g/mol. The number of carbonyl (C=O) groups excluding carboxylic acids is 1. The van der Waals surface area contributed by atoms with Crippen LogP contribution in [0.2, 0.25) is 0 Å². The Labute approximate surface area is 136 Å². The van der Waals surface area contributed by atoms with Crippen molar-refractivity contribution in [3.63, 3.8) is 0 Å². The first kappa shape index (κ1) is 15.0. The van der Waals surface area contributed by atoms with E-state index in [-0.39, 0.29) is 5.91 Å². The van der Waals surface area contributed by atoms with Crippen LogP contribution >= 0.6 is 22.7 Å². The van der Waals surface area contributed by atoms with E-state index in [2.05, 4.69) is 26.9 Å². The van der Waals surface area contributed by atoms with Gasteiger partial charge in [0.1, 0.15) is 0 Å². The highest BCUT2D eigenvalue weighted by Crippen LogP contribution is 2.25. The number of hydrogen-bond donors (Lipinski definition) is 3. The van der Waals surface area contributed by atoms with Crippen LogP contribution in [0, 0.1) is 0 Å². The summed E-state index contributed by atoms with van der Waals surface area (Å²) in [6, 6.07) is 7.80. The molecule has 0 aliphatic heterocycles. The summed E-state index contributed by atoms with van der Waals surface area (Å²) in [6.07, 6.45) is 1.84. The van der Waals surface area contributed by atoms with Gasteiger partial charge in [-0.25, -0.2) is 0 Å². The number of aromatic nitrogens is 2. The molecule has 3 heterocycles. The summed E-state index contributed by atoms with van der Waals surface area (Å²) in [5, 5.41) is 17.3. The van der Waals surface area contributed by atoms with Crippen molar-refractivity contribution in [3.8, 4) is 10.6 Å². The van der Waals surface area contributed by atoms with Crippen molar-refractivity contribution in [1.29, 1.82) is 0 Å². The number of rotatable bonds is 7. The highest BCUT2D eigenvalue weighted by molar-refractivity contribution is 7.13. The molecule has 1 amide bonds. The van der Waals surface area contributed by atoms with Crippen LogP contribution in [0.5, 0.6) is 0 Å². The lowest BCUT2D eigenvalue weighted by Crippen LogP contribution is -2.31. The van der Waals surface area contributed by atoms with E-state index in [1.165, 1.54) is 16.2 Å². The molecule has 114 valence electrons. The molecule has 0 radical (unpaired) electrons. The van der Waals surface area contributed by atoms with Crippen molar-refractivity contribution in [1.82, 2.24) is 20.8 Å². The first-order valence-electron chi connectivity index (χ1n) is 6.93. The highest BCUT2D eigenvalue weighted by atomic mass is 32.1. The first-order chi connectivity index (χ1) is 10.8. The van der Waals surface area contributed by atoms with Crippen molar-refractivity contribution >= 4 is 28.6 Å². The number of thiophene rings is 2. The first-order valence-corrected chi connectivity index (χ1v) is 8.69. The molecule has 0 spiro atoms. The largest absolute Gasteiger partial charge is 0.350 e. The average molecular weight is 332 g/mol. The zero-order chi connectivity index (χ0) is 15.2. The van der Waals surface area contributed by atoms with Crippen LogP contribution in [0.3, 0.4) is 0 Å². The molecule has 0 saturated heterocycles. The lowest BCUT2D eigenvalue weighted by Gasteiger charge is -2.06.